The molecule has 0 saturated heterocycles. The van der Waals surface area contributed by atoms with Crippen molar-refractivity contribution < 1.29 is 9.90 Å². The fourth-order valence-electron chi connectivity index (χ4n) is 1.21. The topological polar surface area (TPSA) is 49.3 Å². The van der Waals surface area contributed by atoms with Crippen LogP contribution in [0.4, 0.5) is 0 Å². The Kier molecular flexibility index (Phi) is 4.90. The predicted octanol–water partition coefficient (Wildman–Crippen LogP) is 1.34. The van der Waals surface area contributed by atoms with E-state index in [9.17, 15) is 4.79 Å². The lowest BCUT2D eigenvalue weighted by molar-refractivity contribution is -0.141. The number of carboxylic acid groups (broad SMARTS) is 1. The van der Waals surface area contributed by atoms with Gasteiger partial charge in [-0.15, -0.1) is 0 Å². The smallest absolute Gasteiger partial charge is 0.306 e. The highest BCUT2D eigenvalue weighted by atomic mass is 16.4. The van der Waals surface area contributed by atoms with Gasteiger partial charge in [0.1, 0.15) is 0 Å². The van der Waals surface area contributed by atoms with E-state index in [0.29, 0.717) is 18.4 Å². The van der Waals surface area contributed by atoms with Crippen LogP contribution in [0.1, 0.15) is 27.2 Å². The number of rotatable bonds is 5. The van der Waals surface area contributed by atoms with Crippen molar-refractivity contribution in [2.75, 3.05) is 7.05 Å². The Morgan fingerprint density at radius 1 is 1.42 bits per heavy atom. The van der Waals surface area contributed by atoms with Crippen molar-refractivity contribution in [1.29, 1.82) is 0 Å². The molecular formula is C9H19NO2. The maximum Gasteiger partial charge on any atom is 0.306 e. The highest BCUT2D eigenvalue weighted by molar-refractivity contribution is 5.69. The summed E-state index contributed by atoms with van der Waals surface area (Å²) in [4.78, 5) is 10.5. The van der Waals surface area contributed by atoms with Gasteiger partial charge in [0.15, 0.2) is 0 Å². The lowest BCUT2D eigenvalue weighted by atomic mass is 9.94. The fraction of sp³-hybridized carbons (Fsp3) is 0.889. The van der Waals surface area contributed by atoms with Gasteiger partial charge in [-0.3, -0.25) is 4.79 Å². The van der Waals surface area contributed by atoms with Gasteiger partial charge in [0, 0.05) is 6.04 Å². The number of aliphatic carboxylic acids is 1. The van der Waals surface area contributed by atoms with Gasteiger partial charge in [-0.2, -0.15) is 0 Å². The van der Waals surface area contributed by atoms with E-state index in [-0.39, 0.29) is 5.92 Å². The summed E-state index contributed by atoms with van der Waals surface area (Å²) in [7, 11) is 1.87. The second-order valence-corrected chi connectivity index (χ2v) is 3.61. The lowest BCUT2D eigenvalue weighted by Crippen LogP contribution is -2.33. The predicted molar refractivity (Wildman–Crippen MR) is 49.1 cm³/mol. The first-order chi connectivity index (χ1) is 5.49. The zero-order valence-corrected chi connectivity index (χ0v) is 8.29. The Bertz CT molecular complexity index is 145. The van der Waals surface area contributed by atoms with Crippen LogP contribution in [0.3, 0.4) is 0 Å². The van der Waals surface area contributed by atoms with Gasteiger partial charge in [-0.25, -0.2) is 0 Å². The maximum atomic E-state index is 10.5. The molecule has 0 rings (SSSR count). The molecule has 0 aromatic carbocycles. The van der Waals surface area contributed by atoms with E-state index in [4.69, 9.17) is 5.11 Å². The third-order valence-corrected chi connectivity index (χ3v) is 2.20. The van der Waals surface area contributed by atoms with E-state index in [1.807, 2.05) is 7.05 Å². The summed E-state index contributed by atoms with van der Waals surface area (Å²) in [5.74, 6) is -0.488. The summed E-state index contributed by atoms with van der Waals surface area (Å²) in [6.45, 7) is 5.93. The molecule has 0 aliphatic rings. The molecule has 3 heteroatoms. The van der Waals surface area contributed by atoms with E-state index in [1.54, 1.807) is 6.92 Å². The minimum Gasteiger partial charge on any atom is -0.481 e. The van der Waals surface area contributed by atoms with Crippen LogP contribution >= 0.6 is 0 Å². The summed E-state index contributed by atoms with van der Waals surface area (Å²) >= 11 is 0. The minimum atomic E-state index is -0.712. The molecule has 12 heavy (non-hydrogen) atoms. The van der Waals surface area contributed by atoms with Gasteiger partial charge in [0.05, 0.1) is 5.92 Å². The average Bonchev–Trinajstić information content (AvgIpc) is 1.98. The summed E-state index contributed by atoms with van der Waals surface area (Å²) < 4.78 is 0. The van der Waals surface area contributed by atoms with Crippen molar-refractivity contribution in [3.05, 3.63) is 0 Å². The standard InChI is InChI=1S/C9H19NO2/c1-6(2)8(10-4)5-7(3)9(11)12/h6-8,10H,5H2,1-4H3,(H,11,12)/t7?,8-/m0/s1. The maximum absolute atomic E-state index is 10.5. The molecule has 3 nitrogen and oxygen atoms in total. The van der Waals surface area contributed by atoms with E-state index >= 15 is 0 Å². The van der Waals surface area contributed by atoms with Gasteiger partial charge >= 0.3 is 5.97 Å². The van der Waals surface area contributed by atoms with E-state index in [2.05, 4.69) is 19.2 Å². The lowest BCUT2D eigenvalue weighted by Gasteiger charge is -2.21. The minimum absolute atomic E-state index is 0.259. The zero-order valence-electron chi connectivity index (χ0n) is 8.29. The molecule has 0 heterocycles. The van der Waals surface area contributed by atoms with Gasteiger partial charge < -0.3 is 10.4 Å². The van der Waals surface area contributed by atoms with Crippen molar-refractivity contribution in [2.24, 2.45) is 11.8 Å². The molecule has 0 aromatic rings. The quantitative estimate of drug-likeness (QED) is 0.659. The van der Waals surface area contributed by atoms with Crippen LogP contribution in [-0.2, 0) is 4.79 Å². The third-order valence-electron chi connectivity index (χ3n) is 2.20. The van der Waals surface area contributed by atoms with Crippen LogP contribution in [-0.4, -0.2) is 24.2 Å². The first-order valence-electron chi connectivity index (χ1n) is 4.39. The van der Waals surface area contributed by atoms with Crippen LogP contribution in [0, 0.1) is 11.8 Å². The average molecular weight is 173 g/mol. The molecule has 2 atom stereocenters. The van der Waals surface area contributed by atoms with Gasteiger partial charge in [0.2, 0.25) is 0 Å². The molecule has 1 unspecified atom stereocenters. The molecule has 0 aromatic heterocycles. The van der Waals surface area contributed by atoms with Crippen LogP contribution in [0.5, 0.6) is 0 Å². The van der Waals surface area contributed by atoms with Crippen molar-refractivity contribution in [2.45, 2.75) is 33.2 Å². The molecule has 0 spiro atoms. The van der Waals surface area contributed by atoms with Crippen LogP contribution in [0.2, 0.25) is 0 Å². The fourth-order valence-corrected chi connectivity index (χ4v) is 1.21. The summed E-state index contributed by atoms with van der Waals surface area (Å²) in [5.41, 5.74) is 0. The second kappa shape index (κ2) is 5.14. The van der Waals surface area contributed by atoms with Crippen molar-refractivity contribution in [1.82, 2.24) is 5.32 Å². The van der Waals surface area contributed by atoms with Gasteiger partial charge in [-0.1, -0.05) is 20.8 Å². The Morgan fingerprint density at radius 2 is 1.92 bits per heavy atom. The Morgan fingerprint density at radius 3 is 2.17 bits per heavy atom. The van der Waals surface area contributed by atoms with Crippen molar-refractivity contribution >= 4 is 5.97 Å². The van der Waals surface area contributed by atoms with E-state index in [1.165, 1.54) is 0 Å². The summed E-state index contributed by atoms with van der Waals surface area (Å²) in [6, 6.07) is 0.302. The first-order valence-corrected chi connectivity index (χ1v) is 4.39. The van der Waals surface area contributed by atoms with Crippen molar-refractivity contribution in [3.63, 3.8) is 0 Å². The van der Waals surface area contributed by atoms with E-state index in [0.717, 1.165) is 0 Å². The molecule has 0 saturated carbocycles. The monoisotopic (exact) mass is 173 g/mol. The highest BCUT2D eigenvalue weighted by Gasteiger charge is 2.18. The molecule has 0 aliphatic carbocycles. The molecule has 0 fully saturated rings. The Labute approximate surface area is 74.2 Å². The van der Waals surface area contributed by atoms with Gasteiger partial charge in [-0.05, 0) is 19.4 Å². The second-order valence-electron chi connectivity index (χ2n) is 3.61. The normalized spacial score (nSPS) is 16.1. The number of nitrogens with one attached hydrogen (secondary N) is 1. The number of carboxylic acids is 1. The van der Waals surface area contributed by atoms with Crippen LogP contribution in [0.15, 0.2) is 0 Å². The molecule has 2 N–H and O–H groups in total. The number of hydrogen-bond donors (Lipinski definition) is 2. The van der Waals surface area contributed by atoms with Crippen LogP contribution in [0.25, 0.3) is 0 Å². The highest BCUT2D eigenvalue weighted by Crippen LogP contribution is 2.12. The number of hydrogen-bond acceptors (Lipinski definition) is 2. The molecule has 0 bridgehead atoms. The molecular weight excluding hydrogens is 154 g/mol. The SMILES string of the molecule is CN[C@@H](CC(C)C(=O)O)C(C)C. The third kappa shape index (κ3) is 3.72. The van der Waals surface area contributed by atoms with Gasteiger partial charge in [0.25, 0.3) is 0 Å². The zero-order chi connectivity index (χ0) is 9.72. The first kappa shape index (κ1) is 11.4. The van der Waals surface area contributed by atoms with E-state index < -0.39 is 5.97 Å². The summed E-state index contributed by atoms with van der Waals surface area (Å²) in [5, 5.41) is 11.8. The Balaban J connectivity index is 3.93. The Hall–Kier alpha value is -0.570. The largest absolute Gasteiger partial charge is 0.481 e. The molecule has 72 valence electrons. The summed E-state index contributed by atoms with van der Waals surface area (Å²) in [6.07, 6.45) is 0.698. The molecule has 0 aliphatic heterocycles. The van der Waals surface area contributed by atoms with Crippen molar-refractivity contribution in [3.8, 4) is 0 Å². The van der Waals surface area contributed by atoms with Crippen LogP contribution < -0.4 is 5.32 Å². The molecule has 0 amide bonds. The number of carbonyl (C=O) groups is 1. The molecule has 0 radical (unpaired) electrons.